The van der Waals surface area contributed by atoms with E-state index in [0.717, 1.165) is 37.1 Å². The van der Waals surface area contributed by atoms with Gasteiger partial charge in [0.25, 0.3) is 11.5 Å². The summed E-state index contributed by atoms with van der Waals surface area (Å²) in [5.74, 6) is 1.29. The Morgan fingerprint density at radius 1 is 1.46 bits per heavy atom. The summed E-state index contributed by atoms with van der Waals surface area (Å²) in [6.45, 7) is 5.05. The molecule has 1 aliphatic rings. The predicted octanol–water partition coefficient (Wildman–Crippen LogP) is 2.04. The second kappa shape index (κ2) is 6.98. The molecule has 0 saturated carbocycles. The monoisotopic (exact) mass is 330 g/mol. The Bertz CT molecular complexity index is 780. The highest BCUT2D eigenvalue weighted by molar-refractivity contribution is 5.92. The standard InChI is InChI=1S/C17H22N4O3/c1-3-5-13-8-15(20-24-13)17(23)21-7-4-6-12(10-21)14-9-16(22)19-11(2)18-14/h8-9,12H,3-7,10H2,1-2H3,(H,18,19,22)/t12-/m0/s1. The van der Waals surface area contributed by atoms with Crippen LogP contribution in [0.1, 0.15) is 59.9 Å². The van der Waals surface area contributed by atoms with Crippen LogP contribution in [-0.4, -0.2) is 39.0 Å². The van der Waals surface area contributed by atoms with E-state index in [4.69, 9.17) is 4.52 Å². The number of carbonyl (C=O) groups is 1. The van der Waals surface area contributed by atoms with Gasteiger partial charge in [-0.1, -0.05) is 12.1 Å². The van der Waals surface area contributed by atoms with Gasteiger partial charge in [-0.05, 0) is 26.2 Å². The van der Waals surface area contributed by atoms with Crippen LogP contribution in [0.3, 0.4) is 0 Å². The lowest BCUT2D eigenvalue weighted by Gasteiger charge is -2.31. The Labute approximate surface area is 140 Å². The maximum atomic E-state index is 12.6. The van der Waals surface area contributed by atoms with E-state index in [0.29, 0.717) is 24.6 Å². The second-order valence-corrected chi connectivity index (χ2v) is 6.27. The molecule has 24 heavy (non-hydrogen) atoms. The lowest BCUT2D eigenvalue weighted by atomic mass is 9.94. The lowest BCUT2D eigenvalue weighted by Crippen LogP contribution is -2.39. The molecule has 0 aromatic carbocycles. The van der Waals surface area contributed by atoms with E-state index in [1.165, 1.54) is 6.07 Å². The predicted molar refractivity (Wildman–Crippen MR) is 88.0 cm³/mol. The van der Waals surface area contributed by atoms with Crippen molar-refractivity contribution in [2.24, 2.45) is 0 Å². The van der Waals surface area contributed by atoms with Gasteiger partial charge in [0.05, 0.1) is 5.69 Å². The highest BCUT2D eigenvalue weighted by Gasteiger charge is 2.28. The highest BCUT2D eigenvalue weighted by atomic mass is 16.5. The average molecular weight is 330 g/mol. The van der Waals surface area contributed by atoms with E-state index in [2.05, 4.69) is 22.0 Å². The molecule has 1 fully saturated rings. The first-order valence-electron chi connectivity index (χ1n) is 8.39. The number of rotatable bonds is 4. The van der Waals surface area contributed by atoms with Crippen molar-refractivity contribution in [2.45, 2.75) is 45.4 Å². The molecular formula is C17H22N4O3. The minimum Gasteiger partial charge on any atom is -0.361 e. The molecule has 128 valence electrons. The van der Waals surface area contributed by atoms with Crippen molar-refractivity contribution in [3.05, 3.63) is 45.5 Å². The second-order valence-electron chi connectivity index (χ2n) is 6.27. The number of aromatic amines is 1. The fraction of sp³-hybridized carbons (Fsp3) is 0.529. The maximum Gasteiger partial charge on any atom is 0.276 e. The quantitative estimate of drug-likeness (QED) is 0.926. The smallest absolute Gasteiger partial charge is 0.276 e. The summed E-state index contributed by atoms with van der Waals surface area (Å²) in [7, 11) is 0. The third kappa shape index (κ3) is 3.55. The minimum absolute atomic E-state index is 0.0747. The van der Waals surface area contributed by atoms with E-state index in [1.807, 2.05) is 0 Å². The summed E-state index contributed by atoms with van der Waals surface area (Å²) in [4.78, 5) is 33.2. The van der Waals surface area contributed by atoms with Crippen LogP contribution >= 0.6 is 0 Å². The summed E-state index contributed by atoms with van der Waals surface area (Å²) >= 11 is 0. The van der Waals surface area contributed by atoms with Crippen LogP contribution in [0.4, 0.5) is 0 Å². The van der Waals surface area contributed by atoms with Gasteiger partial charge in [0.15, 0.2) is 5.69 Å². The number of likely N-dealkylation sites (tertiary alicyclic amines) is 1. The van der Waals surface area contributed by atoms with Gasteiger partial charge in [-0.25, -0.2) is 4.98 Å². The summed E-state index contributed by atoms with van der Waals surface area (Å²) < 4.78 is 5.20. The van der Waals surface area contributed by atoms with Crippen LogP contribution < -0.4 is 5.56 Å². The summed E-state index contributed by atoms with van der Waals surface area (Å²) in [6, 6.07) is 3.26. The van der Waals surface area contributed by atoms with Crippen molar-refractivity contribution >= 4 is 5.91 Å². The Hall–Kier alpha value is -2.44. The number of amides is 1. The normalized spacial score (nSPS) is 17.9. The van der Waals surface area contributed by atoms with E-state index in [9.17, 15) is 9.59 Å². The number of nitrogens with one attached hydrogen (secondary N) is 1. The molecule has 0 spiro atoms. The molecule has 1 saturated heterocycles. The molecule has 7 heteroatoms. The molecule has 0 bridgehead atoms. The van der Waals surface area contributed by atoms with Crippen molar-refractivity contribution in [3.63, 3.8) is 0 Å². The zero-order valence-electron chi connectivity index (χ0n) is 14.0. The number of hydrogen-bond acceptors (Lipinski definition) is 5. The number of aryl methyl sites for hydroxylation is 2. The average Bonchev–Trinajstić information content (AvgIpc) is 3.02. The van der Waals surface area contributed by atoms with Crippen molar-refractivity contribution in [1.29, 1.82) is 0 Å². The zero-order valence-corrected chi connectivity index (χ0v) is 14.0. The number of hydrogen-bond donors (Lipinski definition) is 1. The van der Waals surface area contributed by atoms with Crippen LogP contribution in [0.5, 0.6) is 0 Å². The van der Waals surface area contributed by atoms with E-state index >= 15 is 0 Å². The van der Waals surface area contributed by atoms with Gasteiger partial charge in [-0.3, -0.25) is 9.59 Å². The maximum absolute atomic E-state index is 12.6. The summed E-state index contributed by atoms with van der Waals surface area (Å²) in [5.41, 5.74) is 0.955. The number of nitrogens with zero attached hydrogens (tertiary/aromatic N) is 3. The molecule has 3 rings (SSSR count). The van der Waals surface area contributed by atoms with E-state index < -0.39 is 0 Å². The zero-order chi connectivity index (χ0) is 17.1. The van der Waals surface area contributed by atoms with Crippen molar-refractivity contribution in [1.82, 2.24) is 20.0 Å². The van der Waals surface area contributed by atoms with Gasteiger partial charge in [0.1, 0.15) is 11.6 Å². The molecule has 1 atom stereocenters. The number of piperidine rings is 1. The molecule has 0 aliphatic carbocycles. The van der Waals surface area contributed by atoms with Gasteiger partial charge in [0.2, 0.25) is 0 Å². The SMILES string of the molecule is CCCc1cc(C(=O)N2CCC[C@H](c3cc(=O)[nH]c(C)n3)C2)no1. The number of H-pyrrole nitrogens is 1. The molecular weight excluding hydrogens is 308 g/mol. The fourth-order valence-electron chi connectivity index (χ4n) is 3.15. The highest BCUT2D eigenvalue weighted by Crippen LogP contribution is 2.26. The first kappa shape index (κ1) is 16.4. The molecule has 2 aromatic heterocycles. The fourth-order valence-corrected chi connectivity index (χ4v) is 3.15. The van der Waals surface area contributed by atoms with Crippen molar-refractivity contribution in [3.8, 4) is 0 Å². The largest absolute Gasteiger partial charge is 0.361 e. The lowest BCUT2D eigenvalue weighted by molar-refractivity contribution is 0.0695. The molecule has 1 N–H and O–H groups in total. The number of aromatic nitrogens is 3. The summed E-state index contributed by atoms with van der Waals surface area (Å²) in [6.07, 6.45) is 3.52. The molecule has 3 heterocycles. The van der Waals surface area contributed by atoms with Gasteiger partial charge >= 0.3 is 0 Å². The van der Waals surface area contributed by atoms with Gasteiger partial charge < -0.3 is 14.4 Å². The molecule has 1 amide bonds. The molecule has 7 nitrogen and oxygen atoms in total. The summed E-state index contributed by atoms with van der Waals surface area (Å²) in [5, 5.41) is 3.90. The first-order valence-corrected chi connectivity index (χ1v) is 8.39. The third-order valence-corrected chi connectivity index (χ3v) is 4.28. The Morgan fingerprint density at radius 2 is 2.29 bits per heavy atom. The van der Waals surface area contributed by atoms with Crippen LogP contribution in [-0.2, 0) is 6.42 Å². The Kier molecular flexibility index (Phi) is 4.78. The topological polar surface area (TPSA) is 92.1 Å². The van der Waals surface area contributed by atoms with Crippen LogP contribution in [0.25, 0.3) is 0 Å². The van der Waals surface area contributed by atoms with Crippen molar-refractivity contribution < 1.29 is 9.32 Å². The first-order chi connectivity index (χ1) is 11.6. The molecule has 0 unspecified atom stereocenters. The Morgan fingerprint density at radius 3 is 3.04 bits per heavy atom. The van der Waals surface area contributed by atoms with E-state index in [-0.39, 0.29) is 17.4 Å². The molecule has 0 radical (unpaired) electrons. The third-order valence-electron chi connectivity index (χ3n) is 4.28. The van der Waals surface area contributed by atoms with Crippen molar-refractivity contribution in [2.75, 3.05) is 13.1 Å². The van der Waals surface area contributed by atoms with E-state index in [1.54, 1.807) is 17.9 Å². The van der Waals surface area contributed by atoms with Gasteiger partial charge in [-0.2, -0.15) is 0 Å². The van der Waals surface area contributed by atoms with Crippen LogP contribution in [0.2, 0.25) is 0 Å². The molecule has 2 aromatic rings. The van der Waals surface area contributed by atoms with Crippen LogP contribution in [0.15, 0.2) is 21.5 Å². The number of carbonyl (C=O) groups excluding carboxylic acids is 1. The minimum atomic E-state index is -0.151. The van der Waals surface area contributed by atoms with Gasteiger partial charge in [0, 0.05) is 37.6 Å². The molecule has 1 aliphatic heterocycles. The van der Waals surface area contributed by atoms with Gasteiger partial charge in [-0.15, -0.1) is 0 Å². The Balaban J connectivity index is 1.74. The van der Waals surface area contributed by atoms with Crippen LogP contribution in [0, 0.1) is 6.92 Å².